The van der Waals surface area contributed by atoms with Crippen LogP contribution in [0.4, 0.5) is 0 Å². The van der Waals surface area contributed by atoms with E-state index in [2.05, 4.69) is 5.32 Å². The Morgan fingerprint density at radius 1 is 1.00 bits per heavy atom. The van der Waals surface area contributed by atoms with Crippen molar-refractivity contribution in [1.82, 2.24) is 5.32 Å². The molecule has 1 atom stereocenters. The fourth-order valence-corrected chi connectivity index (χ4v) is 1.94. The van der Waals surface area contributed by atoms with Gasteiger partial charge in [-0.05, 0) is 24.1 Å². The summed E-state index contributed by atoms with van der Waals surface area (Å²) < 4.78 is 0. The molecule has 102 valence electrons. The highest BCUT2D eigenvalue weighted by Crippen LogP contribution is 2.06. The first-order valence-electron chi connectivity index (χ1n) is 6.43. The van der Waals surface area contributed by atoms with Gasteiger partial charge in [0.15, 0.2) is 0 Å². The van der Waals surface area contributed by atoms with E-state index in [1.54, 1.807) is 24.3 Å². The first-order valence-corrected chi connectivity index (χ1v) is 6.43. The van der Waals surface area contributed by atoms with Gasteiger partial charge in [-0.25, -0.2) is 0 Å². The van der Waals surface area contributed by atoms with Crippen molar-refractivity contribution >= 4 is 13.0 Å². The van der Waals surface area contributed by atoms with Crippen molar-refractivity contribution < 1.29 is 14.8 Å². The molecule has 0 unspecified atom stereocenters. The largest absolute Gasteiger partial charge is 0.475 e. The third-order valence-electron chi connectivity index (χ3n) is 3.01. The van der Waals surface area contributed by atoms with E-state index in [1.807, 2.05) is 36.4 Å². The van der Waals surface area contributed by atoms with Gasteiger partial charge in [-0.3, -0.25) is 4.79 Å². The van der Waals surface area contributed by atoms with Crippen LogP contribution in [0.1, 0.15) is 15.9 Å². The van der Waals surface area contributed by atoms with E-state index >= 15 is 0 Å². The number of hydrogen-bond donors (Lipinski definition) is 3. The highest BCUT2D eigenvalue weighted by molar-refractivity contribution is 6.43. The molecule has 2 rings (SSSR count). The highest BCUT2D eigenvalue weighted by Gasteiger charge is 2.25. The fraction of sp³-hybridized carbons (Fsp3) is 0.133. The van der Waals surface area contributed by atoms with Crippen molar-refractivity contribution in [3.63, 3.8) is 0 Å². The topological polar surface area (TPSA) is 69.6 Å². The van der Waals surface area contributed by atoms with Crippen molar-refractivity contribution in [2.45, 2.75) is 12.4 Å². The lowest BCUT2D eigenvalue weighted by Gasteiger charge is -2.18. The smallest absolute Gasteiger partial charge is 0.426 e. The van der Waals surface area contributed by atoms with Crippen LogP contribution >= 0.6 is 0 Å². The molecule has 0 saturated carbocycles. The zero-order chi connectivity index (χ0) is 14.4. The minimum atomic E-state index is -1.61. The van der Waals surface area contributed by atoms with Crippen LogP contribution in [0.2, 0.25) is 0 Å². The van der Waals surface area contributed by atoms with E-state index in [1.165, 1.54) is 0 Å². The average Bonchev–Trinajstić information content (AvgIpc) is 2.48. The van der Waals surface area contributed by atoms with Crippen LogP contribution in [0, 0.1) is 0 Å². The number of rotatable bonds is 5. The van der Waals surface area contributed by atoms with Gasteiger partial charge in [0.1, 0.15) is 0 Å². The van der Waals surface area contributed by atoms with Gasteiger partial charge < -0.3 is 15.4 Å². The summed E-state index contributed by atoms with van der Waals surface area (Å²) in [6.07, 6.45) is 0.358. The Kier molecular flexibility index (Phi) is 4.93. The lowest BCUT2D eigenvalue weighted by molar-refractivity contribution is 0.0942. The van der Waals surface area contributed by atoms with Crippen LogP contribution in [0.5, 0.6) is 0 Å². The zero-order valence-electron chi connectivity index (χ0n) is 10.9. The minimum absolute atomic E-state index is 0.320. The molecule has 0 fully saturated rings. The predicted molar refractivity (Wildman–Crippen MR) is 78.0 cm³/mol. The van der Waals surface area contributed by atoms with E-state index in [9.17, 15) is 14.8 Å². The van der Waals surface area contributed by atoms with Gasteiger partial charge in [0.25, 0.3) is 5.91 Å². The summed E-state index contributed by atoms with van der Waals surface area (Å²) >= 11 is 0. The van der Waals surface area contributed by atoms with Crippen LogP contribution in [-0.4, -0.2) is 29.0 Å². The van der Waals surface area contributed by atoms with Gasteiger partial charge in [-0.2, -0.15) is 0 Å². The Morgan fingerprint density at radius 3 is 2.10 bits per heavy atom. The second-order valence-electron chi connectivity index (χ2n) is 4.55. The lowest BCUT2D eigenvalue weighted by atomic mass is 9.76. The maximum atomic E-state index is 12.0. The number of carbonyl (C=O) groups is 1. The van der Waals surface area contributed by atoms with Gasteiger partial charge in [0.05, 0.1) is 5.94 Å². The molecule has 0 spiro atoms. The molecule has 2 aromatic carbocycles. The van der Waals surface area contributed by atoms with E-state index in [0.717, 1.165) is 5.56 Å². The molecule has 0 aliphatic carbocycles. The fourth-order valence-electron chi connectivity index (χ4n) is 1.94. The molecule has 0 radical (unpaired) electrons. The van der Waals surface area contributed by atoms with Crippen LogP contribution in [0.15, 0.2) is 60.7 Å². The van der Waals surface area contributed by atoms with Gasteiger partial charge in [-0.1, -0.05) is 48.5 Å². The van der Waals surface area contributed by atoms with Crippen LogP contribution in [-0.2, 0) is 6.42 Å². The summed E-state index contributed by atoms with van der Waals surface area (Å²) in [5.74, 6) is -1.07. The Balaban J connectivity index is 2.05. The summed E-state index contributed by atoms with van der Waals surface area (Å²) in [4.78, 5) is 12.0. The van der Waals surface area contributed by atoms with E-state index in [4.69, 9.17) is 0 Å². The molecule has 3 N–H and O–H groups in total. The number of benzene rings is 2. The van der Waals surface area contributed by atoms with Crippen LogP contribution in [0.3, 0.4) is 0 Å². The molecule has 20 heavy (non-hydrogen) atoms. The van der Waals surface area contributed by atoms with E-state index in [-0.39, 0.29) is 5.91 Å². The van der Waals surface area contributed by atoms with Gasteiger partial charge in [0, 0.05) is 5.56 Å². The van der Waals surface area contributed by atoms with Gasteiger partial charge in [-0.15, -0.1) is 0 Å². The van der Waals surface area contributed by atoms with Crippen LogP contribution < -0.4 is 5.32 Å². The van der Waals surface area contributed by atoms with Crippen LogP contribution in [0.25, 0.3) is 0 Å². The Labute approximate surface area is 118 Å². The molecule has 4 nitrogen and oxygen atoms in total. The van der Waals surface area contributed by atoms with Crippen molar-refractivity contribution in [3.8, 4) is 0 Å². The Morgan fingerprint density at radius 2 is 1.55 bits per heavy atom. The Hall–Kier alpha value is -2.11. The summed E-state index contributed by atoms with van der Waals surface area (Å²) in [5.41, 5.74) is 1.42. The second-order valence-corrected chi connectivity index (χ2v) is 4.55. The standard InChI is InChI=1S/C15H16BNO3/c18-15(13-9-5-2-6-10-13)17-14(16(19)20)11-12-7-3-1-4-8-12/h1-10,14,19-20H,11H2,(H,17,18)/t14-/m1/s1. The first kappa shape index (κ1) is 14.3. The Bertz CT molecular complexity index is 546. The molecule has 0 aliphatic rings. The molecular formula is C15H16BNO3. The molecule has 0 bridgehead atoms. The van der Waals surface area contributed by atoms with Crippen molar-refractivity contribution in [3.05, 3.63) is 71.8 Å². The summed E-state index contributed by atoms with van der Waals surface area (Å²) in [7, 11) is -1.61. The maximum Gasteiger partial charge on any atom is 0.475 e. The molecule has 1 amide bonds. The third-order valence-corrected chi connectivity index (χ3v) is 3.01. The summed E-state index contributed by atoms with van der Waals surface area (Å²) in [5, 5.41) is 21.5. The number of carbonyl (C=O) groups excluding carboxylic acids is 1. The molecule has 2 aromatic rings. The van der Waals surface area contributed by atoms with E-state index < -0.39 is 13.1 Å². The van der Waals surface area contributed by atoms with Gasteiger partial charge >= 0.3 is 7.12 Å². The molecular weight excluding hydrogens is 253 g/mol. The quantitative estimate of drug-likeness (QED) is 0.710. The van der Waals surface area contributed by atoms with Crippen molar-refractivity contribution in [2.75, 3.05) is 0 Å². The van der Waals surface area contributed by atoms with Crippen molar-refractivity contribution in [2.24, 2.45) is 0 Å². The monoisotopic (exact) mass is 269 g/mol. The second kappa shape index (κ2) is 6.89. The third kappa shape index (κ3) is 3.95. The first-order chi connectivity index (χ1) is 9.66. The zero-order valence-corrected chi connectivity index (χ0v) is 10.9. The molecule has 0 heterocycles. The summed E-state index contributed by atoms with van der Waals surface area (Å²) in [6, 6.07) is 18.1. The number of hydrogen-bond acceptors (Lipinski definition) is 3. The van der Waals surface area contributed by atoms with Crippen molar-refractivity contribution in [1.29, 1.82) is 0 Å². The van der Waals surface area contributed by atoms with E-state index in [0.29, 0.717) is 12.0 Å². The normalized spacial score (nSPS) is 11.7. The summed E-state index contributed by atoms with van der Waals surface area (Å²) in [6.45, 7) is 0. The molecule has 5 heteroatoms. The predicted octanol–water partition coefficient (Wildman–Crippen LogP) is 1.04. The van der Waals surface area contributed by atoms with Gasteiger partial charge in [0.2, 0.25) is 0 Å². The molecule has 0 saturated heterocycles. The minimum Gasteiger partial charge on any atom is -0.426 e. The maximum absolute atomic E-state index is 12.0. The highest BCUT2D eigenvalue weighted by atomic mass is 16.4. The lowest BCUT2D eigenvalue weighted by Crippen LogP contribution is -2.47. The molecule has 0 aromatic heterocycles. The SMILES string of the molecule is O=C(N[C@H](Cc1ccccc1)B(O)O)c1ccccc1. The average molecular weight is 269 g/mol. The number of amides is 1. The molecule has 0 aliphatic heterocycles. The number of nitrogens with one attached hydrogen (secondary N) is 1.